The van der Waals surface area contributed by atoms with Crippen molar-refractivity contribution in [2.24, 2.45) is 0 Å². The zero-order valence-corrected chi connectivity index (χ0v) is 9.81. The molecule has 0 saturated carbocycles. The van der Waals surface area contributed by atoms with Gasteiger partial charge < -0.3 is 9.72 Å². The first-order valence-electron chi connectivity index (χ1n) is 6.11. The Morgan fingerprint density at radius 3 is 3.00 bits per heavy atom. The van der Waals surface area contributed by atoms with Crippen LogP contribution >= 0.6 is 0 Å². The minimum atomic E-state index is 0.791. The van der Waals surface area contributed by atoms with Gasteiger partial charge in [0.2, 0.25) is 0 Å². The summed E-state index contributed by atoms with van der Waals surface area (Å²) < 4.78 is 5.52. The van der Waals surface area contributed by atoms with Gasteiger partial charge in [0.05, 0.1) is 17.6 Å². The van der Waals surface area contributed by atoms with Crippen LogP contribution in [0.3, 0.4) is 0 Å². The van der Waals surface area contributed by atoms with Gasteiger partial charge in [-0.05, 0) is 35.9 Å². The van der Waals surface area contributed by atoms with Gasteiger partial charge in [0.25, 0.3) is 0 Å². The second-order valence-electron chi connectivity index (χ2n) is 4.52. The lowest BCUT2D eigenvalue weighted by Gasteiger charge is -2.00. The maximum absolute atomic E-state index is 5.52. The molecule has 1 aromatic heterocycles. The molecule has 0 amide bonds. The Kier molecular flexibility index (Phi) is 1.94. The normalized spacial score (nSPS) is 13.6. The molecule has 2 heterocycles. The molecule has 3 nitrogen and oxygen atoms in total. The van der Waals surface area contributed by atoms with Crippen molar-refractivity contribution in [2.45, 2.75) is 6.42 Å². The molecular formula is C15H12N2O. The van der Waals surface area contributed by atoms with Gasteiger partial charge in [-0.1, -0.05) is 12.1 Å². The number of aromatic amines is 1. The van der Waals surface area contributed by atoms with Crippen LogP contribution in [0.2, 0.25) is 0 Å². The van der Waals surface area contributed by atoms with Gasteiger partial charge in [-0.2, -0.15) is 0 Å². The molecule has 3 heteroatoms. The predicted octanol–water partition coefficient (Wildman–Crippen LogP) is 3.16. The van der Waals surface area contributed by atoms with Crippen molar-refractivity contribution in [3.05, 3.63) is 48.0 Å². The van der Waals surface area contributed by atoms with E-state index in [-0.39, 0.29) is 0 Å². The highest BCUT2D eigenvalue weighted by atomic mass is 16.5. The Bertz CT molecular complexity index is 697. The van der Waals surface area contributed by atoms with Crippen molar-refractivity contribution >= 4 is 11.0 Å². The number of aromatic nitrogens is 2. The molecule has 0 aliphatic carbocycles. The first-order chi connectivity index (χ1) is 8.90. The Hall–Kier alpha value is -2.29. The first-order valence-corrected chi connectivity index (χ1v) is 6.11. The molecule has 0 bridgehead atoms. The molecule has 4 rings (SSSR count). The van der Waals surface area contributed by atoms with Gasteiger partial charge in [-0.15, -0.1) is 0 Å². The molecule has 0 spiro atoms. The standard InChI is InChI=1S/C15H12N2O/c1-2-4-13-12(3-1)16-15(17-13)11-5-6-14-10(9-11)7-8-18-14/h1-6,9H,7-8H2,(H,16,17). The lowest BCUT2D eigenvalue weighted by molar-refractivity contribution is 0.357. The van der Waals surface area contributed by atoms with Gasteiger partial charge in [-0.25, -0.2) is 4.98 Å². The minimum Gasteiger partial charge on any atom is -0.493 e. The summed E-state index contributed by atoms with van der Waals surface area (Å²) in [6, 6.07) is 14.3. The molecule has 88 valence electrons. The molecule has 0 unspecified atom stereocenters. The van der Waals surface area contributed by atoms with E-state index in [2.05, 4.69) is 22.1 Å². The number of nitrogens with zero attached hydrogens (tertiary/aromatic N) is 1. The van der Waals surface area contributed by atoms with Crippen LogP contribution in [0.5, 0.6) is 5.75 Å². The van der Waals surface area contributed by atoms with Gasteiger partial charge in [0, 0.05) is 12.0 Å². The number of rotatable bonds is 1. The highest BCUT2D eigenvalue weighted by molar-refractivity contribution is 5.79. The summed E-state index contributed by atoms with van der Waals surface area (Å²) in [4.78, 5) is 7.96. The van der Waals surface area contributed by atoms with Crippen LogP contribution < -0.4 is 4.74 Å². The summed E-state index contributed by atoms with van der Waals surface area (Å²) in [5, 5.41) is 0. The summed E-state index contributed by atoms with van der Waals surface area (Å²) in [6.07, 6.45) is 0.989. The number of hydrogen-bond donors (Lipinski definition) is 1. The van der Waals surface area contributed by atoms with Crippen LogP contribution in [0.15, 0.2) is 42.5 Å². The number of hydrogen-bond acceptors (Lipinski definition) is 2. The average molecular weight is 236 g/mol. The summed E-state index contributed by atoms with van der Waals surface area (Å²) in [5.74, 6) is 1.93. The topological polar surface area (TPSA) is 37.9 Å². The van der Waals surface area contributed by atoms with Gasteiger partial charge in [-0.3, -0.25) is 0 Å². The number of fused-ring (bicyclic) bond motifs is 2. The van der Waals surface area contributed by atoms with Gasteiger partial charge >= 0.3 is 0 Å². The van der Waals surface area contributed by atoms with E-state index in [0.29, 0.717) is 0 Å². The van der Waals surface area contributed by atoms with E-state index in [4.69, 9.17) is 4.74 Å². The minimum absolute atomic E-state index is 0.791. The van der Waals surface area contributed by atoms with Crippen molar-refractivity contribution in [3.8, 4) is 17.1 Å². The van der Waals surface area contributed by atoms with E-state index in [9.17, 15) is 0 Å². The number of nitrogens with one attached hydrogen (secondary N) is 1. The lowest BCUT2D eigenvalue weighted by atomic mass is 10.1. The molecule has 18 heavy (non-hydrogen) atoms. The van der Waals surface area contributed by atoms with Crippen molar-refractivity contribution in [1.82, 2.24) is 9.97 Å². The van der Waals surface area contributed by atoms with Crippen LogP contribution in [0.4, 0.5) is 0 Å². The fourth-order valence-electron chi connectivity index (χ4n) is 2.42. The van der Waals surface area contributed by atoms with Crippen molar-refractivity contribution in [2.75, 3.05) is 6.61 Å². The number of ether oxygens (including phenoxy) is 1. The number of benzene rings is 2. The van der Waals surface area contributed by atoms with Crippen molar-refractivity contribution in [1.29, 1.82) is 0 Å². The number of H-pyrrole nitrogens is 1. The number of imidazole rings is 1. The van der Waals surface area contributed by atoms with E-state index in [1.165, 1.54) is 5.56 Å². The van der Waals surface area contributed by atoms with E-state index in [1.54, 1.807) is 0 Å². The quantitative estimate of drug-likeness (QED) is 0.704. The maximum Gasteiger partial charge on any atom is 0.138 e. The highest BCUT2D eigenvalue weighted by Gasteiger charge is 2.13. The smallest absolute Gasteiger partial charge is 0.138 e. The first kappa shape index (κ1) is 9.71. The van der Waals surface area contributed by atoms with E-state index < -0.39 is 0 Å². The molecule has 1 aliphatic rings. The molecule has 0 radical (unpaired) electrons. The summed E-state index contributed by atoms with van der Waals surface area (Å²) >= 11 is 0. The predicted molar refractivity (Wildman–Crippen MR) is 70.7 cm³/mol. The largest absolute Gasteiger partial charge is 0.493 e. The third kappa shape index (κ3) is 1.40. The second-order valence-corrected chi connectivity index (χ2v) is 4.52. The second kappa shape index (κ2) is 3.60. The van der Waals surface area contributed by atoms with Crippen LogP contribution in [0.25, 0.3) is 22.4 Å². The van der Waals surface area contributed by atoms with Crippen LogP contribution in [-0.2, 0) is 6.42 Å². The van der Waals surface area contributed by atoms with E-state index >= 15 is 0 Å². The highest BCUT2D eigenvalue weighted by Crippen LogP contribution is 2.30. The Balaban J connectivity index is 1.86. The van der Waals surface area contributed by atoms with Gasteiger partial charge in [0.15, 0.2) is 0 Å². The zero-order valence-electron chi connectivity index (χ0n) is 9.81. The van der Waals surface area contributed by atoms with Crippen molar-refractivity contribution < 1.29 is 4.74 Å². The lowest BCUT2D eigenvalue weighted by Crippen LogP contribution is -1.85. The Morgan fingerprint density at radius 2 is 2.06 bits per heavy atom. The summed E-state index contributed by atoms with van der Waals surface area (Å²) in [6.45, 7) is 0.791. The fourth-order valence-corrected chi connectivity index (χ4v) is 2.42. The van der Waals surface area contributed by atoms with Gasteiger partial charge in [0.1, 0.15) is 11.6 Å². The molecule has 2 aromatic carbocycles. The summed E-state index contributed by atoms with van der Waals surface area (Å²) in [5.41, 5.74) is 4.47. The van der Waals surface area contributed by atoms with E-state index in [1.807, 2.05) is 30.3 Å². The third-order valence-corrected chi connectivity index (χ3v) is 3.35. The van der Waals surface area contributed by atoms with Crippen molar-refractivity contribution in [3.63, 3.8) is 0 Å². The van der Waals surface area contributed by atoms with Crippen LogP contribution in [0, 0.1) is 0 Å². The molecule has 0 saturated heterocycles. The Labute approximate surface area is 104 Å². The fraction of sp³-hybridized carbons (Fsp3) is 0.133. The molecule has 1 N–H and O–H groups in total. The summed E-state index contributed by atoms with van der Waals surface area (Å²) in [7, 11) is 0. The average Bonchev–Trinajstić information content (AvgIpc) is 3.04. The molecule has 1 aliphatic heterocycles. The van der Waals surface area contributed by atoms with Crippen LogP contribution in [-0.4, -0.2) is 16.6 Å². The molecule has 0 atom stereocenters. The third-order valence-electron chi connectivity index (χ3n) is 3.35. The number of para-hydroxylation sites is 2. The zero-order chi connectivity index (χ0) is 11.9. The van der Waals surface area contributed by atoms with E-state index in [0.717, 1.165) is 41.2 Å². The monoisotopic (exact) mass is 236 g/mol. The molecular weight excluding hydrogens is 224 g/mol. The Morgan fingerprint density at radius 1 is 1.11 bits per heavy atom. The van der Waals surface area contributed by atoms with Crippen LogP contribution in [0.1, 0.15) is 5.56 Å². The molecule has 3 aromatic rings. The SMILES string of the molecule is c1ccc2[nH]c(-c3ccc4c(c3)CCO4)nc2c1. The maximum atomic E-state index is 5.52. The molecule has 0 fully saturated rings.